The van der Waals surface area contributed by atoms with Gasteiger partial charge in [0.25, 0.3) is 0 Å². The first-order valence-corrected chi connectivity index (χ1v) is 6.80. The number of para-hydroxylation sites is 1. The van der Waals surface area contributed by atoms with Crippen molar-refractivity contribution in [3.63, 3.8) is 0 Å². The van der Waals surface area contributed by atoms with Crippen LogP contribution < -0.4 is 4.90 Å². The van der Waals surface area contributed by atoms with E-state index in [2.05, 4.69) is 9.97 Å². The Morgan fingerprint density at radius 3 is 2.50 bits per heavy atom. The summed E-state index contributed by atoms with van der Waals surface area (Å²) in [5, 5.41) is -0.599. The van der Waals surface area contributed by atoms with Gasteiger partial charge in [0, 0.05) is 18.1 Å². The molecule has 0 aliphatic heterocycles. The lowest BCUT2D eigenvalue weighted by atomic mass is 10.1. The SMILES string of the molecule is Cc1ccccc1N(Cc1ncccn1)C(=O)C(C)Cl. The third kappa shape index (κ3) is 3.33. The van der Waals surface area contributed by atoms with Crippen molar-refractivity contribution in [1.82, 2.24) is 9.97 Å². The van der Waals surface area contributed by atoms with Gasteiger partial charge in [0.2, 0.25) is 5.91 Å². The molecule has 1 amide bonds. The fraction of sp³-hybridized carbons (Fsp3) is 0.267. The van der Waals surface area contributed by atoms with E-state index >= 15 is 0 Å². The van der Waals surface area contributed by atoms with Crippen molar-refractivity contribution < 1.29 is 4.79 Å². The van der Waals surface area contributed by atoms with Crippen LogP contribution in [0.2, 0.25) is 0 Å². The molecule has 0 bridgehead atoms. The maximum Gasteiger partial charge on any atom is 0.245 e. The van der Waals surface area contributed by atoms with E-state index in [0.29, 0.717) is 12.4 Å². The first kappa shape index (κ1) is 14.5. The highest BCUT2D eigenvalue weighted by molar-refractivity contribution is 6.32. The number of nitrogens with zero attached hydrogens (tertiary/aromatic N) is 3. The average Bonchev–Trinajstić information content (AvgIpc) is 2.46. The Morgan fingerprint density at radius 1 is 1.25 bits per heavy atom. The molecule has 1 heterocycles. The Balaban J connectivity index is 2.35. The number of halogens is 1. The molecular formula is C15H16ClN3O. The number of hydrogen-bond acceptors (Lipinski definition) is 3. The second-order valence-corrected chi connectivity index (χ2v) is 5.15. The number of aromatic nitrogens is 2. The monoisotopic (exact) mass is 289 g/mol. The first-order chi connectivity index (χ1) is 9.59. The number of anilines is 1. The summed E-state index contributed by atoms with van der Waals surface area (Å²) >= 11 is 5.96. The molecule has 0 aliphatic rings. The largest absolute Gasteiger partial charge is 0.303 e. The third-order valence-corrected chi connectivity index (χ3v) is 3.12. The molecule has 5 heteroatoms. The van der Waals surface area contributed by atoms with Crippen molar-refractivity contribution >= 4 is 23.2 Å². The molecule has 2 rings (SSSR count). The Kier molecular flexibility index (Phi) is 4.69. The van der Waals surface area contributed by atoms with E-state index in [0.717, 1.165) is 11.3 Å². The van der Waals surface area contributed by atoms with E-state index in [9.17, 15) is 4.79 Å². The Labute approximate surface area is 123 Å². The highest BCUT2D eigenvalue weighted by Gasteiger charge is 2.22. The highest BCUT2D eigenvalue weighted by atomic mass is 35.5. The summed E-state index contributed by atoms with van der Waals surface area (Å²) in [6, 6.07) is 9.43. The van der Waals surface area contributed by atoms with Crippen LogP contribution in [0.4, 0.5) is 5.69 Å². The molecule has 4 nitrogen and oxygen atoms in total. The van der Waals surface area contributed by atoms with Crippen LogP contribution >= 0.6 is 11.6 Å². The van der Waals surface area contributed by atoms with Crippen LogP contribution in [0.5, 0.6) is 0 Å². The van der Waals surface area contributed by atoms with Crippen molar-refractivity contribution in [2.45, 2.75) is 25.8 Å². The van der Waals surface area contributed by atoms with Crippen molar-refractivity contribution in [3.8, 4) is 0 Å². The van der Waals surface area contributed by atoms with E-state index in [1.54, 1.807) is 30.3 Å². The zero-order valence-corrected chi connectivity index (χ0v) is 12.2. The smallest absolute Gasteiger partial charge is 0.245 e. The minimum Gasteiger partial charge on any atom is -0.303 e. The highest BCUT2D eigenvalue weighted by Crippen LogP contribution is 2.22. The van der Waals surface area contributed by atoms with E-state index in [-0.39, 0.29) is 5.91 Å². The fourth-order valence-corrected chi connectivity index (χ4v) is 2.03. The molecule has 0 saturated heterocycles. The molecule has 1 aromatic heterocycles. The van der Waals surface area contributed by atoms with Crippen LogP contribution in [0.25, 0.3) is 0 Å². The number of benzene rings is 1. The number of alkyl halides is 1. The molecule has 0 radical (unpaired) electrons. The lowest BCUT2D eigenvalue weighted by molar-refractivity contribution is -0.118. The molecule has 1 unspecified atom stereocenters. The second-order valence-electron chi connectivity index (χ2n) is 4.49. The summed E-state index contributed by atoms with van der Waals surface area (Å²) in [7, 11) is 0. The van der Waals surface area contributed by atoms with Crippen molar-refractivity contribution in [1.29, 1.82) is 0 Å². The molecule has 20 heavy (non-hydrogen) atoms. The van der Waals surface area contributed by atoms with Gasteiger partial charge in [-0.15, -0.1) is 11.6 Å². The van der Waals surface area contributed by atoms with E-state index in [4.69, 9.17) is 11.6 Å². The maximum absolute atomic E-state index is 12.3. The molecule has 1 aromatic carbocycles. The number of carbonyl (C=O) groups excluding carboxylic acids is 1. The summed E-state index contributed by atoms with van der Waals surface area (Å²) in [4.78, 5) is 22.3. The van der Waals surface area contributed by atoms with Gasteiger partial charge in [0.1, 0.15) is 11.2 Å². The lowest BCUT2D eigenvalue weighted by Crippen LogP contribution is -2.36. The lowest BCUT2D eigenvalue weighted by Gasteiger charge is -2.24. The van der Waals surface area contributed by atoms with Gasteiger partial charge in [-0.05, 0) is 31.5 Å². The second kappa shape index (κ2) is 6.48. The molecule has 2 aromatic rings. The van der Waals surface area contributed by atoms with E-state index < -0.39 is 5.38 Å². The summed E-state index contributed by atoms with van der Waals surface area (Å²) < 4.78 is 0. The molecule has 0 spiro atoms. The minimum absolute atomic E-state index is 0.159. The Bertz CT molecular complexity index is 587. The van der Waals surface area contributed by atoms with E-state index in [1.165, 1.54) is 0 Å². The molecule has 0 fully saturated rings. The predicted molar refractivity (Wildman–Crippen MR) is 79.7 cm³/mol. The summed E-state index contributed by atoms with van der Waals surface area (Å²) in [6.45, 7) is 3.93. The Hall–Kier alpha value is -1.94. The molecule has 0 N–H and O–H groups in total. The first-order valence-electron chi connectivity index (χ1n) is 6.36. The van der Waals surface area contributed by atoms with Crippen molar-refractivity contribution in [2.75, 3.05) is 4.90 Å². The van der Waals surface area contributed by atoms with Crippen LogP contribution in [0.1, 0.15) is 18.3 Å². The van der Waals surface area contributed by atoms with Gasteiger partial charge < -0.3 is 4.90 Å². The zero-order valence-electron chi connectivity index (χ0n) is 11.5. The van der Waals surface area contributed by atoms with Crippen LogP contribution in [0, 0.1) is 6.92 Å². The van der Waals surface area contributed by atoms with Gasteiger partial charge in [-0.1, -0.05) is 18.2 Å². The zero-order chi connectivity index (χ0) is 14.5. The van der Waals surface area contributed by atoms with Gasteiger partial charge in [0.05, 0.1) is 6.54 Å². The maximum atomic E-state index is 12.3. The fourth-order valence-electron chi connectivity index (χ4n) is 1.92. The van der Waals surface area contributed by atoms with Gasteiger partial charge in [-0.25, -0.2) is 9.97 Å². The van der Waals surface area contributed by atoms with Gasteiger partial charge in [0.15, 0.2) is 0 Å². The molecule has 0 aliphatic carbocycles. The summed E-state index contributed by atoms with van der Waals surface area (Å²) in [5.74, 6) is 0.426. The number of carbonyl (C=O) groups is 1. The van der Waals surface area contributed by atoms with Crippen LogP contribution in [-0.4, -0.2) is 21.3 Å². The average molecular weight is 290 g/mol. The number of rotatable bonds is 4. The summed E-state index contributed by atoms with van der Waals surface area (Å²) in [5.41, 5.74) is 1.84. The summed E-state index contributed by atoms with van der Waals surface area (Å²) in [6.07, 6.45) is 3.32. The van der Waals surface area contributed by atoms with Crippen LogP contribution in [0.3, 0.4) is 0 Å². The van der Waals surface area contributed by atoms with Crippen LogP contribution in [0.15, 0.2) is 42.7 Å². The molecule has 0 saturated carbocycles. The molecule has 104 valence electrons. The normalized spacial score (nSPS) is 11.9. The van der Waals surface area contributed by atoms with Gasteiger partial charge in [-0.2, -0.15) is 0 Å². The van der Waals surface area contributed by atoms with Gasteiger partial charge in [-0.3, -0.25) is 4.79 Å². The third-order valence-electron chi connectivity index (χ3n) is 2.93. The molecular weight excluding hydrogens is 274 g/mol. The predicted octanol–water partition coefficient (Wildman–Crippen LogP) is 2.95. The van der Waals surface area contributed by atoms with Crippen LogP contribution in [-0.2, 0) is 11.3 Å². The van der Waals surface area contributed by atoms with Gasteiger partial charge >= 0.3 is 0 Å². The quantitative estimate of drug-likeness (QED) is 0.813. The van der Waals surface area contributed by atoms with E-state index in [1.807, 2.05) is 31.2 Å². The minimum atomic E-state index is -0.599. The standard InChI is InChI=1S/C15H16ClN3O/c1-11-6-3-4-7-13(11)19(15(20)12(2)16)10-14-17-8-5-9-18-14/h3-9,12H,10H2,1-2H3. The Morgan fingerprint density at radius 2 is 1.90 bits per heavy atom. The number of hydrogen-bond donors (Lipinski definition) is 0. The molecule has 1 atom stereocenters. The topological polar surface area (TPSA) is 46.1 Å². The van der Waals surface area contributed by atoms with Crippen molar-refractivity contribution in [2.24, 2.45) is 0 Å². The van der Waals surface area contributed by atoms with Crippen molar-refractivity contribution in [3.05, 3.63) is 54.1 Å². The number of amides is 1. The number of aryl methyl sites for hydroxylation is 1.